The van der Waals surface area contributed by atoms with Gasteiger partial charge in [-0.1, -0.05) is 51.8 Å². The number of aromatic amines is 1. The summed E-state index contributed by atoms with van der Waals surface area (Å²) in [5.74, 6) is -1.18. The molecule has 0 unspecified atom stereocenters. The zero-order chi connectivity index (χ0) is 32.6. The van der Waals surface area contributed by atoms with Crippen LogP contribution in [0, 0.1) is 17.3 Å². The lowest BCUT2D eigenvalue weighted by Gasteiger charge is -2.24. The van der Waals surface area contributed by atoms with Crippen LogP contribution in [0.5, 0.6) is 5.75 Å². The number of hydrogen-bond donors (Lipinski definition) is 2. The molecule has 1 aliphatic rings. The van der Waals surface area contributed by atoms with Gasteiger partial charge in [0.1, 0.15) is 18.7 Å². The number of para-hydroxylation sites is 1. The molecule has 0 spiro atoms. The number of H-pyrrole nitrogens is 1. The predicted molar refractivity (Wildman–Crippen MR) is 169 cm³/mol. The molecule has 0 amide bonds. The maximum Gasteiger partial charge on any atom is 0.380 e. The molecule has 13 nitrogen and oxygen atoms in total. The maximum atomic E-state index is 14.3. The maximum absolute atomic E-state index is 14.3. The van der Waals surface area contributed by atoms with Gasteiger partial charge in [0.05, 0.1) is 30.7 Å². The van der Waals surface area contributed by atoms with Gasteiger partial charge in [-0.15, -0.1) is 0 Å². The third-order valence-corrected chi connectivity index (χ3v) is 9.67. The Morgan fingerprint density at radius 1 is 1.16 bits per heavy atom. The molecule has 1 fully saturated rings. The van der Waals surface area contributed by atoms with Gasteiger partial charge < -0.3 is 19.7 Å². The van der Waals surface area contributed by atoms with Crippen LogP contribution in [0.15, 0.2) is 47.0 Å². The van der Waals surface area contributed by atoms with E-state index in [4.69, 9.17) is 24.3 Å². The van der Waals surface area contributed by atoms with Gasteiger partial charge in [0.25, 0.3) is 5.56 Å². The molecule has 0 radical (unpaired) electrons. The van der Waals surface area contributed by atoms with Crippen molar-refractivity contribution >= 4 is 42.8 Å². The second kappa shape index (κ2) is 14.9. The molecule has 1 saturated carbocycles. The van der Waals surface area contributed by atoms with E-state index in [2.05, 4.69) is 28.8 Å². The highest BCUT2D eigenvalue weighted by atomic mass is 31.2. The van der Waals surface area contributed by atoms with Crippen LogP contribution >= 0.6 is 7.60 Å². The highest BCUT2D eigenvalue weighted by molar-refractivity contribution is 7.54. The van der Waals surface area contributed by atoms with Crippen molar-refractivity contribution in [3.63, 3.8) is 0 Å². The smallest absolute Gasteiger partial charge is 0.380 e. The van der Waals surface area contributed by atoms with Crippen LogP contribution in [0.2, 0.25) is 0 Å². The summed E-state index contributed by atoms with van der Waals surface area (Å²) in [5, 5.41) is 0. The third kappa shape index (κ3) is 9.04. The van der Waals surface area contributed by atoms with Gasteiger partial charge >= 0.3 is 19.5 Å². The minimum atomic E-state index is -3.94. The van der Waals surface area contributed by atoms with Crippen LogP contribution in [0.4, 0.5) is 5.95 Å². The number of anilines is 1. The Hall–Kier alpha value is -3.96. The number of aromatic nitrogens is 4. The molecule has 4 rings (SSSR count). The monoisotopic (exact) mass is 643 g/mol. The molecule has 14 heteroatoms. The number of carbonyl (C=O) groups is 2. The van der Waals surface area contributed by atoms with Gasteiger partial charge in [0.2, 0.25) is 5.95 Å². The quantitative estimate of drug-likeness (QED) is 0.146. The normalized spacial score (nSPS) is 18.9. The highest BCUT2D eigenvalue weighted by Crippen LogP contribution is 2.58. The number of fused-ring (bicyclic) bond motifs is 1. The van der Waals surface area contributed by atoms with E-state index >= 15 is 0 Å². The van der Waals surface area contributed by atoms with E-state index < -0.39 is 36.4 Å². The van der Waals surface area contributed by atoms with Crippen molar-refractivity contribution in [3.05, 3.63) is 52.6 Å². The summed E-state index contributed by atoms with van der Waals surface area (Å²) in [5.41, 5.74) is 5.57. The Morgan fingerprint density at radius 2 is 1.87 bits per heavy atom. The molecule has 0 aliphatic heterocycles. The minimum absolute atomic E-state index is 0.0455. The minimum Gasteiger partial charge on any atom is -0.465 e. The highest BCUT2D eigenvalue weighted by Gasteiger charge is 2.52. The number of nitrogens with one attached hydrogen (secondary N) is 1. The average Bonchev–Trinajstić information content (AvgIpc) is 3.53. The fourth-order valence-electron chi connectivity index (χ4n) is 5.14. The molecule has 2 heterocycles. The summed E-state index contributed by atoms with van der Waals surface area (Å²) >= 11 is 0. The molecule has 0 bridgehead atoms. The molecular weight excluding hydrogens is 601 g/mol. The lowest BCUT2D eigenvalue weighted by atomic mass is 9.99. The van der Waals surface area contributed by atoms with Crippen molar-refractivity contribution < 1.29 is 32.7 Å². The van der Waals surface area contributed by atoms with Crippen molar-refractivity contribution in [1.29, 1.82) is 0 Å². The summed E-state index contributed by atoms with van der Waals surface area (Å²) < 4.78 is 38.8. The lowest BCUT2D eigenvalue weighted by Crippen LogP contribution is -2.25. The molecule has 1 aromatic carbocycles. The molecule has 244 valence electrons. The summed E-state index contributed by atoms with van der Waals surface area (Å²) in [6, 6.07) is 8.59. The van der Waals surface area contributed by atoms with Crippen molar-refractivity contribution in [2.75, 3.05) is 31.7 Å². The van der Waals surface area contributed by atoms with Crippen molar-refractivity contribution in [2.24, 2.45) is 17.3 Å². The molecule has 1 aliphatic carbocycles. The van der Waals surface area contributed by atoms with E-state index in [1.807, 2.05) is 0 Å². The third-order valence-electron chi connectivity index (χ3n) is 7.66. The summed E-state index contributed by atoms with van der Waals surface area (Å²) in [7, 11) is -3.94. The second-order valence-electron chi connectivity index (χ2n) is 11.6. The Kier molecular flexibility index (Phi) is 11.2. The first-order valence-corrected chi connectivity index (χ1v) is 16.9. The Balaban J connectivity index is 1.54. The van der Waals surface area contributed by atoms with E-state index in [-0.39, 0.29) is 42.4 Å². The van der Waals surface area contributed by atoms with Gasteiger partial charge in [-0.05, 0) is 42.9 Å². The summed E-state index contributed by atoms with van der Waals surface area (Å²) in [4.78, 5) is 47.7. The molecular formula is C31H42N5O8P. The van der Waals surface area contributed by atoms with Gasteiger partial charge in [0.15, 0.2) is 11.2 Å². The Labute approximate surface area is 262 Å². The number of nitrogen functional groups attached to an aromatic ring is 1. The number of ether oxygens (including phenoxy) is 2. The van der Waals surface area contributed by atoms with Crippen LogP contribution in [0.1, 0.15) is 59.8 Å². The fourth-order valence-corrected chi connectivity index (χ4v) is 7.08. The standard InChI is InChI=1S/C31H42N5O8P/c1-5-10-23(11-6-2)16-41-29(39)21(3)17-45(40,44-25-12-8-7-9-13-25)43-19-31(18-42-22(4)37)14-24(31)15-36-20-33-26-27(36)34-30(32)35-28(26)38/h7-9,12-13,15,20-21,23H,5-6,10-11,14,16-19H2,1-4H3,(H3,32,34,35,38)/b24-15-/t21-,31+,45+/m1/s1. The zero-order valence-corrected chi connectivity index (χ0v) is 27.1. The van der Waals surface area contributed by atoms with E-state index in [9.17, 15) is 18.9 Å². The van der Waals surface area contributed by atoms with Crippen LogP contribution in [0.25, 0.3) is 17.4 Å². The van der Waals surface area contributed by atoms with Crippen molar-refractivity contribution in [3.8, 4) is 5.75 Å². The fraction of sp³-hybridized carbons (Fsp3) is 0.516. The molecule has 3 atom stereocenters. The first-order chi connectivity index (χ1) is 21.5. The first-order valence-electron chi connectivity index (χ1n) is 15.2. The number of carbonyl (C=O) groups excluding carboxylic acids is 2. The number of nitrogens with two attached hydrogens (primary N) is 1. The SMILES string of the molecule is CCCC(CCC)COC(=O)[C@H](C)C[P@](=O)(OC[C@@]1(COC(C)=O)C/C1=C/n1cnc2c(=O)[nH]c(N)nc21)Oc1ccccc1. The van der Waals surface area contributed by atoms with Crippen LogP contribution < -0.4 is 15.8 Å². The van der Waals surface area contributed by atoms with E-state index in [1.165, 1.54) is 13.3 Å². The second-order valence-corrected chi connectivity index (χ2v) is 13.6. The van der Waals surface area contributed by atoms with Crippen LogP contribution in [-0.4, -0.2) is 57.4 Å². The van der Waals surface area contributed by atoms with Gasteiger partial charge in [-0.2, -0.15) is 4.98 Å². The zero-order valence-electron chi connectivity index (χ0n) is 26.2. The number of nitrogens with zero attached hydrogens (tertiary/aromatic N) is 3. The lowest BCUT2D eigenvalue weighted by molar-refractivity contribution is -0.149. The number of benzene rings is 1. The Bertz CT molecular complexity index is 1610. The number of rotatable bonds is 17. The van der Waals surface area contributed by atoms with Crippen LogP contribution in [0.3, 0.4) is 0 Å². The average molecular weight is 644 g/mol. The van der Waals surface area contributed by atoms with Gasteiger partial charge in [0, 0.05) is 13.1 Å². The van der Waals surface area contributed by atoms with E-state index in [1.54, 1.807) is 48.0 Å². The van der Waals surface area contributed by atoms with Crippen molar-refractivity contribution in [1.82, 2.24) is 19.5 Å². The number of imidazole rings is 1. The summed E-state index contributed by atoms with van der Waals surface area (Å²) in [6.45, 7) is 7.27. The van der Waals surface area contributed by atoms with Gasteiger partial charge in [-0.3, -0.25) is 28.5 Å². The summed E-state index contributed by atoms with van der Waals surface area (Å²) in [6.07, 6.45) is 7.27. The first kappa shape index (κ1) is 33.9. The topological polar surface area (TPSA) is 178 Å². The largest absolute Gasteiger partial charge is 0.465 e. The number of esters is 2. The van der Waals surface area contributed by atoms with Crippen molar-refractivity contribution in [2.45, 2.75) is 59.8 Å². The van der Waals surface area contributed by atoms with Gasteiger partial charge in [-0.25, -0.2) is 9.55 Å². The molecule has 3 N–H and O–H groups in total. The van der Waals surface area contributed by atoms with E-state index in [0.717, 1.165) is 31.3 Å². The Morgan fingerprint density at radius 3 is 2.53 bits per heavy atom. The van der Waals surface area contributed by atoms with Crippen LogP contribution in [-0.2, 0) is 28.2 Å². The molecule has 0 saturated heterocycles. The number of hydrogen-bond acceptors (Lipinski definition) is 11. The molecule has 45 heavy (non-hydrogen) atoms. The predicted octanol–water partition coefficient (Wildman–Crippen LogP) is 5.18. The molecule has 2 aromatic heterocycles. The van der Waals surface area contributed by atoms with E-state index in [0.29, 0.717) is 18.8 Å². The molecule has 3 aromatic rings.